The Morgan fingerprint density at radius 3 is 2.57 bits per heavy atom. The Kier molecular flexibility index (Phi) is 7.49. The van der Waals surface area contributed by atoms with Crippen molar-refractivity contribution in [2.24, 2.45) is 0 Å². The fourth-order valence-corrected chi connectivity index (χ4v) is 2.88. The summed E-state index contributed by atoms with van der Waals surface area (Å²) in [5, 5.41) is 6.38. The maximum Gasteiger partial charge on any atom is 0.225 e. The lowest BCUT2D eigenvalue weighted by atomic mass is 10.2. The fourth-order valence-electron chi connectivity index (χ4n) is 2.61. The molecule has 0 aliphatic carbocycles. The first-order valence-corrected chi connectivity index (χ1v) is 8.94. The molecule has 0 spiro atoms. The van der Waals surface area contributed by atoms with Crippen LogP contribution in [0.3, 0.4) is 0 Å². The van der Waals surface area contributed by atoms with Crippen molar-refractivity contribution in [2.75, 3.05) is 38.2 Å². The van der Waals surface area contributed by atoms with Crippen LogP contribution < -0.4 is 10.6 Å². The highest BCUT2D eigenvalue weighted by Gasteiger charge is 2.18. The monoisotopic (exact) mass is 383 g/mol. The number of morpholine rings is 1. The quantitative estimate of drug-likeness (QED) is 0.759. The summed E-state index contributed by atoms with van der Waals surface area (Å²) in [4.78, 5) is 14.5. The van der Waals surface area contributed by atoms with Gasteiger partial charge >= 0.3 is 0 Å². The molecule has 23 heavy (non-hydrogen) atoms. The third-order valence-corrected chi connectivity index (χ3v) is 4.58. The number of halogens is 1. The molecular weight excluding hydrogens is 358 g/mol. The number of amides is 1. The van der Waals surface area contributed by atoms with Crippen LogP contribution in [0.4, 0.5) is 5.69 Å². The van der Waals surface area contributed by atoms with Crippen LogP contribution in [0.25, 0.3) is 0 Å². The van der Waals surface area contributed by atoms with Gasteiger partial charge in [-0.05, 0) is 38.1 Å². The normalized spacial score (nSPS) is 18.4. The van der Waals surface area contributed by atoms with Crippen molar-refractivity contribution in [3.8, 4) is 0 Å². The number of hydrogen-bond donors (Lipinski definition) is 2. The van der Waals surface area contributed by atoms with Gasteiger partial charge in [0.1, 0.15) is 0 Å². The van der Waals surface area contributed by atoms with Crippen molar-refractivity contribution in [3.63, 3.8) is 0 Å². The topological polar surface area (TPSA) is 53.6 Å². The zero-order chi connectivity index (χ0) is 16.7. The van der Waals surface area contributed by atoms with Gasteiger partial charge in [-0.25, -0.2) is 0 Å². The van der Waals surface area contributed by atoms with Gasteiger partial charge < -0.3 is 15.4 Å². The molecule has 0 aromatic heterocycles. The predicted octanol–water partition coefficient (Wildman–Crippen LogP) is 2.48. The van der Waals surface area contributed by atoms with E-state index in [2.05, 4.69) is 38.4 Å². The molecule has 128 valence electrons. The minimum Gasteiger partial charge on any atom is -0.379 e. The first-order chi connectivity index (χ1) is 11.0. The van der Waals surface area contributed by atoms with E-state index in [0.29, 0.717) is 12.5 Å². The molecule has 1 heterocycles. The van der Waals surface area contributed by atoms with Gasteiger partial charge in [0.25, 0.3) is 0 Å². The summed E-state index contributed by atoms with van der Waals surface area (Å²) in [6.45, 7) is 8.75. The van der Waals surface area contributed by atoms with Gasteiger partial charge in [0.15, 0.2) is 0 Å². The lowest BCUT2D eigenvalue weighted by Gasteiger charge is -2.33. The zero-order valence-corrected chi connectivity index (χ0v) is 15.4. The summed E-state index contributed by atoms with van der Waals surface area (Å²) in [5.74, 6) is 0.0337. The van der Waals surface area contributed by atoms with Crippen LogP contribution in [0.2, 0.25) is 0 Å². The molecule has 2 unspecified atom stereocenters. The third-order valence-electron chi connectivity index (χ3n) is 4.05. The van der Waals surface area contributed by atoms with E-state index < -0.39 is 0 Å². The lowest BCUT2D eigenvalue weighted by molar-refractivity contribution is -0.116. The number of nitrogens with zero attached hydrogens (tertiary/aromatic N) is 1. The second-order valence-electron chi connectivity index (χ2n) is 6.07. The van der Waals surface area contributed by atoms with E-state index in [0.717, 1.165) is 43.0 Å². The van der Waals surface area contributed by atoms with Crippen molar-refractivity contribution in [3.05, 3.63) is 28.7 Å². The van der Waals surface area contributed by atoms with Gasteiger partial charge in [-0.3, -0.25) is 9.69 Å². The lowest BCUT2D eigenvalue weighted by Crippen LogP contribution is -2.48. The van der Waals surface area contributed by atoms with Gasteiger partial charge in [0.05, 0.1) is 13.2 Å². The predicted molar refractivity (Wildman–Crippen MR) is 96.7 cm³/mol. The van der Waals surface area contributed by atoms with Gasteiger partial charge in [-0.15, -0.1) is 0 Å². The maximum atomic E-state index is 12.1. The molecule has 1 fully saturated rings. The number of benzene rings is 1. The summed E-state index contributed by atoms with van der Waals surface area (Å²) in [5.41, 5.74) is 0.826. The summed E-state index contributed by atoms with van der Waals surface area (Å²) in [6, 6.07) is 8.22. The molecule has 0 bridgehead atoms. The molecule has 0 radical (unpaired) electrons. The van der Waals surface area contributed by atoms with Crippen LogP contribution >= 0.6 is 15.9 Å². The first-order valence-electron chi connectivity index (χ1n) is 8.15. The summed E-state index contributed by atoms with van der Waals surface area (Å²) < 4.78 is 6.38. The number of carbonyl (C=O) groups is 1. The van der Waals surface area contributed by atoms with Crippen LogP contribution in [0.15, 0.2) is 28.7 Å². The van der Waals surface area contributed by atoms with Crippen molar-refractivity contribution in [1.29, 1.82) is 0 Å². The Morgan fingerprint density at radius 2 is 1.91 bits per heavy atom. The van der Waals surface area contributed by atoms with Crippen molar-refractivity contribution >= 4 is 27.5 Å². The van der Waals surface area contributed by atoms with E-state index in [4.69, 9.17) is 4.74 Å². The third kappa shape index (κ3) is 6.59. The Bertz CT molecular complexity index is 489. The zero-order valence-electron chi connectivity index (χ0n) is 13.8. The average Bonchev–Trinajstić information content (AvgIpc) is 2.55. The Morgan fingerprint density at radius 1 is 1.26 bits per heavy atom. The van der Waals surface area contributed by atoms with Crippen LogP contribution in [-0.2, 0) is 9.53 Å². The number of hydrogen-bond acceptors (Lipinski definition) is 4. The second-order valence-corrected chi connectivity index (χ2v) is 6.98. The molecule has 1 aliphatic heterocycles. The molecule has 1 aliphatic rings. The molecule has 5 nitrogen and oxygen atoms in total. The highest BCUT2D eigenvalue weighted by molar-refractivity contribution is 9.10. The Balaban J connectivity index is 1.68. The van der Waals surface area contributed by atoms with Crippen LogP contribution in [0, 0.1) is 0 Å². The highest BCUT2D eigenvalue weighted by atomic mass is 79.9. The molecule has 2 rings (SSSR count). The van der Waals surface area contributed by atoms with Crippen molar-refractivity contribution in [2.45, 2.75) is 32.4 Å². The van der Waals surface area contributed by atoms with Crippen molar-refractivity contribution in [1.82, 2.24) is 10.2 Å². The molecule has 0 saturated carbocycles. The summed E-state index contributed by atoms with van der Waals surface area (Å²) in [6.07, 6.45) is 0.464. The minimum absolute atomic E-state index is 0.0337. The molecule has 2 atom stereocenters. The van der Waals surface area contributed by atoms with E-state index in [1.54, 1.807) is 0 Å². The molecule has 2 N–H and O–H groups in total. The number of carbonyl (C=O) groups excluding carboxylic acids is 1. The Labute approximate surface area is 146 Å². The van der Waals surface area contributed by atoms with Crippen LogP contribution in [0.1, 0.15) is 20.3 Å². The van der Waals surface area contributed by atoms with E-state index in [-0.39, 0.29) is 11.9 Å². The molecule has 1 amide bonds. The van der Waals surface area contributed by atoms with Gasteiger partial charge in [0.2, 0.25) is 5.91 Å². The van der Waals surface area contributed by atoms with Gasteiger partial charge in [-0.2, -0.15) is 0 Å². The largest absolute Gasteiger partial charge is 0.379 e. The van der Waals surface area contributed by atoms with E-state index in [1.807, 2.05) is 31.2 Å². The number of nitrogens with one attached hydrogen (secondary N) is 2. The fraction of sp³-hybridized carbons (Fsp3) is 0.588. The minimum atomic E-state index is 0.0337. The number of anilines is 1. The average molecular weight is 384 g/mol. The molecular formula is C17H26BrN3O2. The van der Waals surface area contributed by atoms with Gasteiger partial charge in [0, 0.05) is 48.3 Å². The Hall–Kier alpha value is -0.950. The van der Waals surface area contributed by atoms with Crippen LogP contribution in [0.5, 0.6) is 0 Å². The van der Waals surface area contributed by atoms with Crippen molar-refractivity contribution < 1.29 is 9.53 Å². The molecule has 1 saturated heterocycles. The summed E-state index contributed by atoms with van der Waals surface area (Å²) in [7, 11) is 0. The molecule has 1 aromatic carbocycles. The van der Waals surface area contributed by atoms with E-state index in [1.165, 1.54) is 0 Å². The summed E-state index contributed by atoms with van der Waals surface area (Å²) >= 11 is 3.38. The second kappa shape index (κ2) is 9.37. The standard InChI is InChI=1S/C17H26BrN3O2/c1-13(19-12-14(2)21-7-9-23-10-8-21)11-17(22)20-16-5-3-15(18)4-6-16/h3-6,13-14,19H,7-12H2,1-2H3,(H,20,22). The number of ether oxygens (including phenoxy) is 1. The number of rotatable bonds is 7. The first kappa shape index (κ1) is 18.4. The molecule has 6 heteroatoms. The van der Waals surface area contributed by atoms with Gasteiger partial charge in [-0.1, -0.05) is 15.9 Å². The SMILES string of the molecule is CC(CC(=O)Nc1ccc(Br)cc1)NCC(C)N1CCOCC1. The smallest absolute Gasteiger partial charge is 0.225 e. The maximum absolute atomic E-state index is 12.1. The molecule has 1 aromatic rings. The van der Waals surface area contributed by atoms with E-state index >= 15 is 0 Å². The highest BCUT2D eigenvalue weighted by Crippen LogP contribution is 2.14. The van der Waals surface area contributed by atoms with E-state index in [9.17, 15) is 4.79 Å². The van der Waals surface area contributed by atoms with Crippen LogP contribution in [-0.4, -0.2) is 55.7 Å².